The molecule has 0 N–H and O–H groups in total. The SMILES string of the molecule is C1=CN=CCC1.C=C/C=C\CC. The quantitative estimate of drug-likeness (QED) is 0.552. The molecule has 0 unspecified atom stereocenters. The van der Waals surface area contributed by atoms with Crippen LogP contribution in [-0.2, 0) is 0 Å². The highest BCUT2D eigenvalue weighted by molar-refractivity contribution is 5.59. The van der Waals surface area contributed by atoms with Gasteiger partial charge in [0.25, 0.3) is 0 Å². The molecule has 0 aromatic rings. The molecule has 1 aliphatic rings. The molecule has 0 fully saturated rings. The topological polar surface area (TPSA) is 12.4 Å². The molecular weight excluding hydrogens is 146 g/mol. The molecule has 66 valence electrons. The fourth-order valence-corrected chi connectivity index (χ4v) is 0.674. The van der Waals surface area contributed by atoms with E-state index in [-0.39, 0.29) is 0 Å². The molecule has 0 aliphatic carbocycles. The first-order chi connectivity index (χ1) is 5.91. The van der Waals surface area contributed by atoms with Gasteiger partial charge in [-0.3, -0.25) is 4.99 Å². The van der Waals surface area contributed by atoms with E-state index in [1.807, 2.05) is 18.5 Å². The molecule has 0 aromatic carbocycles. The average Bonchev–Trinajstić information content (AvgIpc) is 2.18. The molecule has 0 atom stereocenters. The van der Waals surface area contributed by atoms with E-state index in [1.54, 1.807) is 6.08 Å². The molecule has 0 amide bonds. The van der Waals surface area contributed by atoms with Gasteiger partial charge in [-0.1, -0.05) is 37.8 Å². The Bertz CT molecular complexity index is 161. The smallest absolute Gasteiger partial charge is 0.0224 e. The van der Waals surface area contributed by atoms with Crippen LogP contribution in [-0.4, -0.2) is 6.21 Å². The van der Waals surface area contributed by atoms with Crippen LogP contribution < -0.4 is 0 Å². The predicted octanol–water partition coefficient (Wildman–Crippen LogP) is 3.50. The maximum atomic E-state index is 3.87. The fraction of sp³-hybridized carbons (Fsp3) is 0.364. The summed E-state index contributed by atoms with van der Waals surface area (Å²) in [4.78, 5) is 3.87. The van der Waals surface area contributed by atoms with Gasteiger partial charge >= 0.3 is 0 Å². The zero-order chi connectivity index (χ0) is 9.07. The van der Waals surface area contributed by atoms with Crippen LogP contribution >= 0.6 is 0 Å². The van der Waals surface area contributed by atoms with Crippen molar-refractivity contribution < 1.29 is 0 Å². The number of nitrogens with zero attached hydrogens (tertiary/aromatic N) is 1. The lowest BCUT2D eigenvalue weighted by Crippen LogP contribution is -1.75. The van der Waals surface area contributed by atoms with Crippen LogP contribution in [0.3, 0.4) is 0 Å². The summed E-state index contributed by atoms with van der Waals surface area (Å²) in [7, 11) is 0. The van der Waals surface area contributed by atoms with Gasteiger partial charge in [-0.2, -0.15) is 0 Å². The second-order valence-electron chi connectivity index (χ2n) is 2.37. The molecule has 1 rings (SSSR count). The molecule has 0 saturated carbocycles. The Morgan fingerprint density at radius 1 is 1.50 bits per heavy atom. The third-order valence-corrected chi connectivity index (χ3v) is 1.27. The third kappa shape index (κ3) is 8.89. The van der Waals surface area contributed by atoms with Crippen LogP contribution in [0.15, 0.2) is 42.1 Å². The molecule has 1 heteroatoms. The summed E-state index contributed by atoms with van der Waals surface area (Å²) >= 11 is 0. The maximum Gasteiger partial charge on any atom is 0.0224 e. The summed E-state index contributed by atoms with van der Waals surface area (Å²) < 4.78 is 0. The molecule has 1 heterocycles. The molecule has 0 bridgehead atoms. The standard InChI is InChI=1S/C6H10.C5H7N/c1-3-5-6-4-2;1-2-4-6-5-3-1/h3,5-6H,1,4H2,2H3;2,4-5H,1,3H2/b6-5-;. The Labute approximate surface area is 75.2 Å². The summed E-state index contributed by atoms with van der Waals surface area (Å²) in [5, 5.41) is 0. The van der Waals surface area contributed by atoms with E-state index in [2.05, 4.69) is 30.6 Å². The van der Waals surface area contributed by atoms with E-state index in [1.165, 1.54) is 6.42 Å². The summed E-state index contributed by atoms with van der Waals surface area (Å²) in [5.41, 5.74) is 0. The number of hydrogen-bond acceptors (Lipinski definition) is 1. The summed E-state index contributed by atoms with van der Waals surface area (Å²) in [5.74, 6) is 0. The van der Waals surface area contributed by atoms with Crippen molar-refractivity contribution in [2.75, 3.05) is 0 Å². The van der Waals surface area contributed by atoms with E-state index in [4.69, 9.17) is 0 Å². The van der Waals surface area contributed by atoms with E-state index in [0.717, 1.165) is 12.8 Å². The van der Waals surface area contributed by atoms with Crippen molar-refractivity contribution >= 4 is 6.21 Å². The minimum atomic E-state index is 1.10. The van der Waals surface area contributed by atoms with Crippen molar-refractivity contribution in [3.8, 4) is 0 Å². The Balaban J connectivity index is 0.000000202. The van der Waals surface area contributed by atoms with Crippen LogP contribution in [0.25, 0.3) is 0 Å². The molecule has 0 saturated heterocycles. The van der Waals surface area contributed by atoms with Crippen molar-refractivity contribution in [3.05, 3.63) is 37.1 Å². The monoisotopic (exact) mass is 163 g/mol. The molecule has 1 nitrogen and oxygen atoms in total. The summed E-state index contributed by atoms with van der Waals surface area (Å²) in [6.45, 7) is 5.61. The Morgan fingerprint density at radius 2 is 2.33 bits per heavy atom. The van der Waals surface area contributed by atoms with Gasteiger partial charge in [0.1, 0.15) is 0 Å². The van der Waals surface area contributed by atoms with E-state index in [0.29, 0.717) is 0 Å². The van der Waals surface area contributed by atoms with Gasteiger partial charge in [-0.25, -0.2) is 0 Å². The van der Waals surface area contributed by atoms with Gasteiger partial charge in [-0.05, 0) is 19.3 Å². The lowest BCUT2D eigenvalue weighted by molar-refractivity contribution is 1.08. The lowest BCUT2D eigenvalue weighted by Gasteiger charge is -1.87. The zero-order valence-electron chi connectivity index (χ0n) is 7.74. The van der Waals surface area contributed by atoms with Gasteiger partial charge in [0.05, 0.1) is 0 Å². The Kier molecular flexibility index (Phi) is 8.98. The Morgan fingerprint density at radius 3 is 2.50 bits per heavy atom. The first kappa shape index (κ1) is 10.9. The Hall–Kier alpha value is -1.11. The first-order valence-electron chi connectivity index (χ1n) is 4.36. The third-order valence-electron chi connectivity index (χ3n) is 1.27. The van der Waals surface area contributed by atoms with Crippen LogP contribution in [0.4, 0.5) is 0 Å². The minimum absolute atomic E-state index is 1.10. The maximum absolute atomic E-state index is 3.87. The fourth-order valence-electron chi connectivity index (χ4n) is 0.674. The zero-order valence-corrected chi connectivity index (χ0v) is 7.74. The van der Waals surface area contributed by atoms with Crippen LogP contribution in [0, 0.1) is 0 Å². The number of rotatable bonds is 2. The van der Waals surface area contributed by atoms with Crippen LogP contribution in [0.1, 0.15) is 26.2 Å². The van der Waals surface area contributed by atoms with Crippen molar-refractivity contribution in [2.24, 2.45) is 4.99 Å². The van der Waals surface area contributed by atoms with Gasteiger partial charge in [0.15, 0.2) is 0 Å². The highest BCUT2D eigenvalue weighted by Crippen LogP contribution is 1.92. The summed E-state index contributed by atoms with van der Waals surface area (Å²) in [6.07, 6.45) is 15.0. The molecule has 0 radical (unpaired) electrons. The van der Waals surface area contributed by atoms with Gasteiger partial charge in [-0.15, -0.1) is 0 Å². The van der Waals surface area contributed by atoms with E-state index < -0.39 is 0 Å². The predicted molar refractivity (Wildman–Crippen MR) is 56.5 cm³/mol. The molecular formula is C11H17N. The van der Waals surface area contributed by atoms with E-state index in [9.17, 15) is 0 Å². The normalized spacial score (nSPS) is 14.1. The van der Waals surface area contributed by atoms with Gasteiger partial charge in [0.2, 0.25) is 0 Å². The minimum Gasteiger partial charge on any atom is -0.269 e. The lowest BCUT2D eigenvalue weighted by atomic mass is 10.3. The van der Waals surface area contributed by atoms with Crippen LogP contribution in [0.5, 0.6) is 0 Å². The highest BCUT2D eigenvalue weighted by Gasteiger charge is 1.78. The van der Waals surface area contributed by atoms with Crippen molar-refractivity contribution in [1.29, 1.82) is 0 Å². The van der Waals surface area contributed by atoms with E-state index >= 15 is 0 Å². The largest absolute Gasteiger partial charge is 0.269 e. The van der Waals surface area contributed by atoms with Crippen molar-refractivity contribution in [3.63, 3.8) is 0 Å². The highest BCUT2D eigenvalue weighted by atomic mass is 14.7. The average molecular weight is 163 g/mol. The van der Waals surface area contributed by atoms with Gasteiger partial charge < -0.3 is 0 Å². The first-order valence-corrected chi connectivity index (χ1v) is 4.36. The molecule has 12 heavy (non-hydrogen) atoms. The summed E-state index contributed by atoms with van der Waals surface area (Å²) in [6, 6.07) is 0. The number of hydrogen-bond donors (Lipinski definition) is 0. The van der Waals surface area contributed by atoms with Crippen molar-refractivity contribution in [2.45, 2.75) is 26.2 Å². The molecule has 1 aliphatic heterocycles. The van der Waals surface area contributed by atoms with Gasteiger partial charge in [0, 0.05) is 12.4 Å². The van der Waals surface area contributed by atoms with Crippen LogP contribution in [0.2, 0.25) is 0 Å². The molecule has 0 spiro atoms. The second kappa shape index (κ2) is 9.89. The van der Waals surface area contributed by atoms with Crippen molar-refractivity contribution in [1.82, 2.24) is 0 Å². The number of aliphatic imine (C=N–C) groups is 1. The second-order valence-corrected chi connectivity index (χ2v) is 2.37. The molecule has 0 aromatic heterocycles. The number of allylic oxidation sites excluding steroid dienone is 4.